The first kappa shape index (κ1) is 13.7. The highest BCUT2D eigenvalue weighted by molar-refractivity contribution is 5.66. The minimum Gasteiger partial charge on any atom is -0.494 e. The molecule has 0 heterocycles. The highest BCUT2D eigenvalue weighted by atomic mass is 16.5. The Morgan fingerprint density at radius 1 is 1.42 bits per heavy atom. The SMILES string of the molecule is CCOc1cc2c(c(OCCC(=O)O)c1)CC(N)C2. The van der Waals surface area contributed by atoms with Gasteiger partial charge in [0.15, 0.2) is 0 Å². The Labute approximate surface area is 112 Å². The van der Waals surface area contributed by atoms with Gasteiger partial charge in [0, 0.05) is 12.1 Å². The van der Waals surface area contributed by atoms with Gasteiger partial charge in [-0.25, -0.2) is 0 Å². The zero-order valence-electron chi connectivity index (χ0n) is 11.0. The fourth-order valence-electron chi connectivity index (χ4n) is 2.33. The van der Waals surface area contributed by atoms with E-state index in [1.54, 1.807) is 0 Å². The van der Waals surface area contributed by atoms with Crippen molar-refractivity contribution in [2.75, 3.05) is 13.2 Å². The van der Waals surface area contributed by atoms with Gasteiger partial charge >= 0.3 is 5.97 Å². The van der Waals surface area contributed by atoms with E-state index in [-0.39, 0.29) is 19.1 Å². The van der Waals surface area contributed by atoms with Crippen molar-refractivity contribution in [2.45, 2.75) is 32.2 Å². The molecule has 1 aromatic carbocycles. The fraction of sp³-hybridized carbons (Fsp3) is 0.500. The molecule has 3 N–H and O–H groups in total. The fourth-order valence-corrected chi connectivity index (χ4v) is 2.33. The Hall–Kier alpha value is -1.75. The van der Waals surface area contributed by atoms with Crippen LogP contribution in [0.2, 0.25) is 0 Å². The molecule has 0 radical (unpaired) electrons. The summed E-state index contributed by atoms with van der Waals surface area (Å²) in [5.41, 5.74) is 8.19. The first-order valence-electron chi connectivity index (χ1n) is 6.49. The van der Waals surface area contributed by atoms with Gasteiger partial charge in [0.05, 0.1) is 19.6 Å². The smallest absolute Gasteiger partial charge is 0.306 e. The molecule has 1 atom stereocenters. The number of carbonyl (C=O) groups is 1. The Bertz CT molecular complexity index is 473. The van der Waals surface area contributed by atoms with E-state index >= 15 is 0 Å². The highest BCUT2D eigenvalue weighted by Gasteiger charge is 2.23. The van der Waals surface area contributed by atoms with Crippen molar-refractivity contribution in [3.63, 3.8) is 0 Å². The number of benzene rings is 1. The zero-order chi connectivity index (χ0) is 13.8. The standard InChI is InChI=1S/C14H19NO4/c1-2-18-11-6-9-5-10(15)7-12(9)13(8-11)19-4-3-14(16)17/h6,8,10H,2-5,7,15H2,1H3,(H,16,17). The molecule has 0 saturated heterocycles. The van der Waals surface area contributed by atoms with Gasteiger partial charge in [0.1, 0.15) is 11.5 Å². The number of nitrogens with two attached hydrogens (primary N) is 1. The predicted molar refractivity (Wildman–Crippen MR) is 70.7 cm³/mol. The molecule has 0 spiro atoms. The lowest BCUT2D eigenvalue weighted by Gasteiger charge is -2.13. The average molecular weight is 265 g/mol. The van der Waals surface area contributed by atoms with Crippen LogP contribution in [-0.2, 0) is 17.6 Å². The highest BCUT2D eigenvalue weighted by Crippen LogP contribution is 2.34. The van der Waals surface area contributed by atoms with Crippen LogP contribution in [0.1, 0.15) is 24.5 Å². The molecule has 1 aliphatic rings. The maximum Gasteiger partial charge on any atom is 0.306 e. The van der Waals surface area contributed by atoms with E-state index in [0.29, 0.717) is 12.4 Å². The summed E-state index contributed by atoms with van der Waals surface area (Å²) < 4.78 is 11.1. The maximum absolute atomic E-state index is 10.5. The van der Waals surface area contributed by atoms with Gasteiger partial charge in [0.25, 0.3) is 0 Å². The van der Waals surface area contributed by atoms with Crippen LogP contribution < -0.4 is 15.2 Å². The predicted octanol–water partition coefficient (Wildman–Crippen LogP) is 1.36. The van der Waals surface area contributed by atoms with E-state index in [9.17, 15) is 4.79 Å². The van der Waals surface area contributed by atoms with E-state index in [0.717, 1.165) is 29.7 Å². The summed E-state index contributed by atoms with van der Waals surface area (Å²) in [6.45, 7) is 2.66. The number of carboxylic acids is 1. The van der Waals surface area contributed by atoms with Crippen molar-refractivity contribution in [1.82, 2.24) is 0 Å². The van der Waals surface area contributed by atoms with Gasteiger partial charge in [-0.05, 0) is 37.0 Å². The van der Waals surface area contributed by atoms with E-state index in [4.69, 9.17) is 20.3 Å². The zero-order valence-corrected chi connectivity index (χ0v) is 11.0. The lowest BCUT2D eigenvalue weighted by atomic mass is 10.1. The lowest BCUT2D eigenvalue weighted by Crippen LogP contribution is -2.19. The molecule has 0 aliphatic heterocycles. The van der Waals surface area contributed by atoms with Crippen molar-refractivity contribution < 1.29 is 19.4 Å². The quantitative estimate of drug-likeness (QED) is 0.811. The molecule has 19 heavy (non-hydrogen) atoms. The maximum atomic E-state index is 10.5. The van der Waals surface area contributed by atoms with Gasteiger partial charge < -0.3 is 20.3 Å². The molecular formula is C14H19NO4. The third-order valence-electron chi connectivity index (χ3n) is 3.11. The molecule has 2 rings (SSSR count). The summed E-state index contributed by atoms with van der Waals surface area (Å²) in [6, 6.07) is 3.92. The van der Waals surface area contributed by atoms with E-state index in [1.165, 1.54) is 0 Å². The monoisotopic (exact) mass is 265 g/mol. The number of ether oxygens (including phenoxy) is 2. The van der Waals surface area contributed by atoms with Crippen LogP contribution in [0.5, 0.6) is 11.5 Å². The number of hydrogen-bond acceptors (Lipinski definition) is 4. The van der Waals surface area contributed by atoms with Gasteiger partial charge in [0.2, 0.25) is 0 Å². The number of carboxylic acid groups (broad SMARTS) is 1. The Kier molecular flexibility index (Phi) is 4.27. The van der Waals surface area contributed by atoms with E-state index < -0.39 is 5.97 Å². The van der Waals surface area contributed by atoms with Gasteiger partial charge in [-0.15, -0.1) is 0 Å². The molecule has 0 aromatic heterocycles. The molecule has 5 heteroatoms. The summed E-state index contributed by atoms with van der Waals surface area (Å²) in [5.74, 6) is 0.588. The van der Waals surface area contributed by atoms with E-state index in [2.05, 4.69) is 0 Å². The Morgan fingerprint density at radius 3 is 2.89 bits per heavy atom. The van der Waals surface area contributed by atoms with E-state index in [1.807, 2.05) is 19.1 Å². The van der Waals surface area contributed by atoms with Crippen molar-refractivity contribution in [3.8, 4) is 11.5 Å². The summed E-state index contributed by atoms with van der Waals surface area (Å²) >= 11 is 0. The van der Waals surface area contributed by atoms with Crippen LogP contribution in [-0.4, -0.2) is 30.3 Å². The summed E-state index contributed by atoms with van der Waals surface area (Å²) in [5, 5.41) is 8.64. The summed E-state index contributed by atoms with van der Waals surface area (Å²) in [4.78, 5) is 10.5. The Morgan fingerprint density at radius 2 is 2.21 bits per heavy atom. The van der Waals surface area contributed by atoms with Crippen LogP contribution in [0.4, 0.5) is 0 Å². The molecule has 5 nitrogen and oxygen atoms in total. The van der Waals surface area contributed by atoms with Crippen LogP contribution in [0.15, 0.2) is 12.1 Å². The summed E-state index contributed by atoms with van der Waals surface area (Å²) in [7, 11) is 0. The second-order valence-corrected chi connectivity index (χ2v) is 4.65. The molecule has 1 unspecified atom stereocenters. The summed E-state index contributed by atoms with van der Waals surface area (Å²) in [6.07, 6.45) is 1.56. The van der Waals surface area contributed by atoms with Gasteiger partial charge in [-0.3, -0.25) is 4.79 Å². The number of rotatable bonds is 6. The molecule has 0 amide bonds. The topological polar surface area (TPSA) is 81.8 Å². The first-order valence-corrected chi connectivity index (χ1v) is 6.49. The minimum absolute atomic E-state index is 0.0142. The molecule has 0 saturated carbocycles. The molecular weight excluding hydrogens is 246 g/mol. The van der Waals surface area contributed by atoms with Gasteiger partial charge in [-0.2, -0.15) is 0 Å². The molecule has 104 valence electrons. The van der Waals surface area contributed by atoms with Crippen LogP contribution in [0, 0.1) is 0 Å². The largest absolute Gasteiger partial charge is 0.494 e. The van der Waals surface area contributed by atoms with Crippen molar-refractivity contribution in [3.05, 3.63) is 23.3 Å². The van der Waals surface area contributed by atoms with Crippen molar-refractivity contribution >= 4 is 5.97 Å². The number of fused-ring (bicyclic) bond motifs is 1. The van der Waals surface area contributed by atoms with Crippen LogP contribution >= 0.6 is 0 Å². The van der Waals surface area contributed by atoms with Crippen molar-refractivity contribution in [2.24, 2.45) is 5.73 Å². The molecule has 0 bridgehead atoms. The second-order valence-electron chi connectivity index (χ2n) is 4.65. The van der Waals surface area contributed by atoms with Crippen LogP contribution in [0.3, 0.4) is 0 Å². The third kappa shape index (κ3) is 3.38. The molecule has 1 aliphatic carbocycles. The number of hydrogen-bond donors (Lipinski definition) is 2. The minimum atomic E-state index is -0.866. The lowest BCUT2D eigenvalue weighted by molar-refractivity contribution is -0.137. The first-order chi connectivity index (χ1) is 9.10. The van der Waals surface area contributed by atoms with Crippen LogP contribution in [0.25, 0.3) is 0 Å². The Balaban J connectivity index is 2.17. The third-order valence-corrected chi connectivity index (χ3v) is 3.11. The number of aliphatic carboxylic acids is 1. The van der Waals surface area contributed by atoms with Gasteiger partial charge in [-0.1, -0.05) is 0 Å². The molecule has 1 aromatic rings. The average Bonchev–Trinajstić information content (AvgIpc) is 2.69. The van der Waals surface area contributed by atoms with Crippen molar-refractivity contribution in [1.29, 1.82) is 0 Å². The normalized spacial score (nSPS) is 17.1. The molecule has 0 fully saturated rings. The second kappa shape index (κ2) is 5.93.